The zero-order valence-electron chi connectivity index (χ0n) is 10.0. The summed E-state index contributed by atoms with van der Waals surface area (Å²) in [6, 6.07) is 0. The largest absolute Gasteiger partial charge is 0.388 e. The van der Waals surface area contributed by atoms with Crippen LogP contribution in [-0.2, 0) is 9.53 Å². The van der Waals surface area contributed by atoms with Crippen molar-refractivity contribution < 1.29 is 14.6 Å². The van der Waals surface area contributed by atoms with Gasteiger partial charge in [0.25, 0.3) is 0 Å². The smallest absolute Gasteiger partial charge is 0.220 e. The lowest BCUT2D eigenvalue weighted by atomic mass is 9.97. The van der Waals surface area contributed by atoms with Gasteiger partial charge in [0.05, 0.1) is 5.60 Å². The summed E-state index contributed by atoms with van der Waals surface area (Å²) < 4.78 is 4.85. The highest BCUT2D eigenvalue weighted by Gasteiger charge is 2.22. The summed E-state index contributed by atoms with van der Waals surface area (Å²) in [6.45, 7) is 4.77. The summed E-state index contributed by atoms with van der Waals surface area (Å²) in [6.07, 6.45) is 2.49. The fourth-order valence-corrected chi connectivity index (χ4v) is 1.23. The van der Waals surface area contributed by atoms with Gasteiger partial charge in [-0.2, -0.15) is 0 Å². The van der Waals surface area contributed by atoms with E-state index in [2.05, 4.69) is 5.32 Å². The first-order valence-electron chi connectivity index (χ1n) is 5.56. The highest BCUT2D eigenvalue weighted by atomic mass is 16.5. The number of ether oxygens (including phenoxy) is 1. The number of rotatable bonds is 8. The van der Waals surface area contributed by atoms with E-state index >= 15 is 0 Å². The van der Waals surface area contributed by atoms with Crippen molar-refractivity contribution in [3.8, 4) is 0 Å². The normalized spacial score (nSPS) is 11.5. The molecule has 0 spiro atoms. The molecule has 0 saturated heterocycles. The lowest BCUT2D eigenvalue weighted by Crippen LogP contribution is -2.42. The molecule has 0 unspecified atom stereocenters. The van der Waals surface area contributed by atoms with Crippen molar-refractivity contribution in [2.24, 2.45) is 0 Å². The number of hydrogen-bond acceptors (Lipinski definition) is 3. The molecule has 0 aliphatic heterocycles. The van der Waals surface area contributed by atoms with Crippen LogP contribution in [-0.4, -0.2) is 36.9 Å². The molecule has 4 heteroatoms. The van der Waals surface area contributed by atoms with E-state index in [1.54, 1.807) is 7.11 Å². The van der Waals surface area contributed by atoms with E-state index in [0.717, 1.165) is 6.42 Å². The average molecular weight is 217 g/mol. The molecule has 0 radical (unpaired) electrons. The number of nitrogens with one attached hydrogen (secondary N) is 1. The molecule has 0 atom stereocenters. The standard InChI is InChI=1S/C11H23NO3/c1-4-11(14,5-2)9-12-10(13)7-6-8-15-3/h14H,4-9H2,1-3H3,(H,12,13). The Balaban J connectivity index is 3.69. The lowest BCUT2D eigenvalue weighted by molar-refractivity contribution is -0.122. The number of carbonyl (C=O) groups excluding carboxylic acids is 1. The van der Waals surface area contributed by atoms with Gasteiger partial charge in [0.2, 0.25) is 5.91 Å². The predicted molar refractivity (Wildman–Crippen MR) is 59.7 cm³/mol. The Hall–Kier alpha value is -0.610. The molecule has 1 amide bonds. The van der Waals surface area contributed by atoms with Crippen molar-refractivity contribution in [1.29, 1.82) is 0 Å². The summed E-state index contributed by atoms with van der Waals surface area (Å²) >= 11 is 0. The molecule has 0 bridgehead atoms. The molecule has 15 heavy (non-hydrogen) atoms. The highest BCUT2D eigenvalue weighted by Crippen LogP contribution is 2.12. The fourth-order valence-electron chi connectivity index (χ4n) is 1.23. The van der Waals surface area contributed by atoms with Gasteiger partial charge in [0.1, 0.15) is 0 Å². The maximum absolute atomic E-state index is 11.3. The third-order valence-corrected chi connectivity index (χ3v) is 2.68. The van der Waals surface area contributed by atoms with E-state index < -0.39 is 5.60 Å². The molecular formula is C11H23NO3. The maximum Gasteiger partial charge on any atom is 0.220 e. The van der Waals surface area contributed by atoms with Gasteiger partial charge in [0, 0.05) is 26.7 Å². The summed E-state index contributed by atoms with van der Waals surface area (Å²) in [4.78, 5) is 11.3. The van der Waals surface area contributed by atoms with Gasteiger partial charge in [-0.3, -0.25) is 4.79 Å². The van der Waals surface area contributed by atoms with Crippen LogP contribution in [0.4, 0.5) is 0 Å². The summed E-state index contributed by atoms with van der Waals surface area (Å²) in [5, 5.41) is 12.6. The Labute approximate surface area is 92.0 Å². The van der Waals surface area contributed by atoms with Gasteiger partial charge in [-0.05, 0) is 19.3 Å². The second kappa shape index (κ2) is 7.65. The molecule has 90 valence electrons. The molecule has 0 aromatic rings. The SMILES string of the molecule is CCC(O)(CC)CNC(=O)CCCOC. The van der Waals surface area contributed by atoms with E-state index in [9.17, 15) is 9.90 Å². The molecule has 0 aliphatic carbocycles. The minimum Gasteiger partial charge on any atom is -0.388 e. The van der Waals surface area contributed by atoms with Crippen molar-refractivity contribution in [3.63, 3.8) is 0 Å². The second-order valence-corrected chi connectivity index (χ2v) is 3.80. The Kier molecular flexibility index (Phi) is 7.34. The van der Waals surface area contributed by atoms with E-state index in [4.69, 9.17) is 4.74 Å². The monoisotopic (exact) mass is 217 g/mol. The number of amides is 1. The third kappa shape index (κ3) is 6.47. The molecule has 0 fully saturated rings. The molecule has 0 saturated carbocycles. The van der Waals surface area contributed by atoms with Gasteiger partial charge in [0.15, 0.2) is 0 Å². The maximum atomic E-state index is 11.3. The quantitative estimate of drug-likeness (QED) is 0.598. The van der Waals surface area contributed by atoms with Crippen LogP contribution in [0.1, 0.15) is 39.5 Å². The average Bonchev–Trinajstić information content (AvgIpc) is 2.26. The Morgan fingerprint density at radius 3 is 2.47 bits per heavy atom. The fraction of sp³-hybridized carbons (Fsp3) is 0.909. The first-order chi connectivity index (χ1) is 7.08. The van der Waals surface area contributed by atoms with Crippen LogP contribution in [0.25, 0.3) is 0 Å². The van der Waals surface area contributed by atoms with Crippen molar-refractivity contribution in [1.82, 2.24) is 5.32 Å². The van der Waals surface area contributed by atoms with E-state index in [1.807, 2.05) is 13.8 Å². The van der Waals surface area contributed by atoms with Gasteiger partial charge in [-0.1, -0.05) is 13.8 Å². The van der Waals surface area contributed by atoms with Crippen molar-refractivity contribution in [2.45, 2.75) is 45.1 Å². The summed E-state index contributed by atoms with van der Waals surface area (Å²) in [7, 11) is 1.62. The van der Waals surface area contributed by atoms with Crippen LogP contribution in [0.3, 0.4) is 0 Å². The molecule has 0 aliphatic rings. The molecule has 0 rings (SSSR count). The minimum absolute atomic E-state index is 0.0209. The van der Waals surface area contributed by atoms with Crippen LogP contribution in [0.15, 0.2) is 0 Å². The first kappa shape index (κ1) is 14.4. The topological polar surface area (TPSA) is 58.6 Å². The van der Waals surface area contributed by atoms with Crippen LogP contribution in [0.5, 0.6) is 0 Å². The van der Waals surface area contributed by atoms with Crippen molar-refractivity contribution in [2.75, 3.05) is 20.3 Å². The zero-order chi connectivity index (χ0) is 11.7. The number of hydrogen-bond donors (Lipinski definition) is 2. The summed E-state index contributed by atoms with van der Waals surface area (Å²) in [5.41, 5.74) is -0.753. The number of methoxy groups -OCH3 is 1. The van der Waals surface area contributed by atoms with Crippen LogP contribution < -0.4 is 5.32 Å². The molecule has 0 aromatic heterocycles. The number of carbonyl (C=O) groups is 1. The zero-order valence-corrected chi connectivity index (χ0v) is 10.0. The van der Waals surface area contributed by atoms with Crippen LogP contribution in [0.2, 0.25) is 0 Å². The molecule has 2 N–H and O–H groups in total. The highest BCUT2D eigenvalue weighted by molar-refractivity contribution is 5.75. The van der Waals surface area contributed by atoms with Gasteiger partial charge < -0.3 is 15.2 Å². The van der Waals surface area contributed by atoms with E-state index in [1.165, 1.54) is 0 Å². The summed E-state index contributed by atoms with van der Waals surface area (Å²) in [5.74, 6) is -0.0209. The number of aliphatic hydroxyl groups is 1. The molecular weight excluding hydrogens is 194 g/mol. The van der Waals surface area contributed by atoms with E-state index in [0.29, 0.717) is 32.4 Å². The second-order valence-electron chi connectivity index (χ2n) is 3.80. The van der Waals surface area contributed by atoms with Crippen LogP contribution in [0, 0.1) is 0 Å². The minimum atomic E-state index is -0.753. The van der Waals surface area contributed by atoms with Gasteiger partial charge in [-0.25, -0.2) is 0 Å². The lowest BCUT2D eigenvalue weighted by Gasteiger charge is -2.25. The Morgan fingerprint density at radius 2 is 2.00 bits per heavy atom. The Bertz CT molecular complexity index is 179. The van der Waals surface area contributed by atoms with E-state index in [-0.39, 0.29) is 5.91 Å². The predicted octanol–water partition coefficient (Wildman–Crippen LogP) is 1.08. The molecule has 0 aromatic carbocycles. The van der Waals surface area contributed by atoms with Crippen LogP contribution >= 0.6 is 0 Å². The van der Waals surface area contributed by atoms with Crippen molar-refractivity contribution >= 4 is 5.91 Å². The van der Waals surface area contributed by atoms with Gasteiger partial charge >= 0.3 is 0 Å². The first-order valence-corrected chi connectivity index (χ1v) is 5.56. The Morgan fingerprint density at radius 1 is 1.40 bits per heavy atom. The molecule has 4 nitrogen and oxygen atoms in total. The van der Waals surface area contributed by atoms with Crippen molar-refractivity contribution in [3.05, 3.63) is 0 Å². The van der Waals surface area contributed by atoms with Gasteiger partial charge in [-0.15, -0.1) is 0 Å². The molecule has 0 heterocycles. The third-order valence-electron chi connectivity index (χ3n) is 2.68.